The van der Waals surface area contributed by atoms with Gasteiger partial charge in [-0.05, 0) is 45.7 Å². The van der Waals surface area contributed by atoms with E-state index in [-0.39, 0.29) is 0 Å². The van der Waals surface area contributed by atoms with Gasteiger partial charge in [0.15, 0.2) is 0 Å². The summed E-state index contributed by atoms with van der Waals surface area (Å²) in [7, 11) is 0. The van der Waals surface area contributed by atoms with E-state index in [2.05, 4.69) is 31.0 Å². The molecule has 1 nitrogen and oxygen atoms in total. The van der Waals surface area contributed by atoms with Gasteiger partial charge in [-0.3, -0.25) is 0 Å². The summed E-state index contributed by atoms with van der Waals surface area (Å²) in [6, 6.07) is 0.689. The van der Waals surface area contributed by atoms with Crippen molar-refractivity contribution in [3.63, 3.8) is 0 Å². The zero-order valence-corrected chi connectivity index (χ0v) is 7.51. The molecule has 0 aromatic heterocycles. The van der Waals surface area contributed by atoms with E-state index < -0.39 is 0 Å². The van der Waals surface area contributed by atoms with Crippen molar-refractivity contribution in [2.75, 3.05) is 0 Å². The zero-order chi connectivity index (χ0) is 7.90. The molecule has 0 radical (unpaired) electrons. The number of hydrogen-bond acceptors (Lipinski definition) is 1. The summed E-state index contributed by atoms with van der Waals surface area (Å²) in [5.74, 6) is 0. The third-order valence-corrected chi connectivity index (χ3v) is 3.15. The second kappa shape index (κ2) is 2.26. The summed E-state index contributed by atoms with van der Waals surface area (Å²) < 4.78 is 0. The monoisotopic (exact) mass is 151 g/mol. The van der Waals surface area contributed by atoms with Gasteiger partial charge < -0.3 is 4.90 Å². The Labute approximate surface area is 69.1 Å². The predicted molar refractivity (Wildman–Crippen MR) is 47.3 cm³/mol. The Kier molecular flexibility index (Phi) is 1.48. The minimum absolute atomic E-state index is 0.578. The van der Waals surface area contributed by atoms with Gasteiger partial charge in [0.1, 0.15) is 0 Å². The van der Waals surface area contributed by atoms with Crippen LogP contribution in [0.2, 0.25) is 0 Å². The van der Waals surface area contributed by atoms with Crippen molar-refractivity contribution in [1.82, 2.24) is 4.90 Å². The Morgan fingerprint density at radius 1 is 1.36 bits per heavy atom. The van der Waals surface area contributed by atoms with Gasteiger partial charge in [0.25, 0.3) is 0 Å². The van der Waals surface area contributed by atoms with Gasteiger partial charge in [-0.1, -0.05) is 6.08 Å². The SMILES string of the molecule is CC(C)N1C=CCC12CCC2. The second-order valence-corrected chi connectivity index (χ2v) is 4.17. The van der Waals surface area contributed by atoms with E-state index in [1.165, 1.54) is 25.7 Å². The van der Waals surface area contributed by atoms with E-state index in [0.29, 0.717) is 11.6 Å². The maximum atomic E-state index is 2.55. The molecule has 0 N–H and O–H groups in total. The normalized spacial score (nSPS) is 26.6. The van der Waals surface area contributed by atoms with Crippen LogP contribution in [0, 0.1) is 0 Å². The van der Waals surface area contributed by atoms with E-state index in [0.717, 1.165) is 0 Å². The largest absolute Gasteiger partial charge is 0.369 e. The highest BCUT2D eigenvalue weighted by molar-refractivity contribution is 5.13. The molecule has 0 bridgehead atoms. The van der Waals surface area contributed by atoms with Crippen molar-refractivity contribution in [2.24, 2.45) is 0 Å². The van der Waals surface area contributed by atoms with E-state index in [1.807, 2.05) is 0 Å². The Hall–Kier alpha value is -0.460. The predicted octanol–water partition coefficient (Wildman–Crippen LogP) is 2.54. The van der Waals surface area contributed by atoms with Gasteiger partial charge >= 0.3 is 0 Å². The van der Waals surface area contributed by atoms with Crippen LogP contribution in [0.3, 0.4) is 0 Å². The first-order valence-corrected chi connectivity index (χ1v) is 4.70. The number of rotatable bonds is 1. The first kappa shape index (κ1) is 7.20. The molecule has 0 atom stereocenters. The third-order valence-electron chi connectivity index (χ3n) is 3.15. The lowest BCUT2D eigenvalue weighted by molar-refractivity contribution is 0.0519. The van der Waals surface area contributed by atoms with Crippen LogP contribution in [-0.2, 0) is 0 Å². The fourth-order valence-electron chi connectivity index (χ4n) is 2.42. The van der Waals surface area contributed by atoms with Crippen molar-refractivity contribution in [3.05, 3.63) is 12.3 Å². The fourth-order valence-corrected chi connectivity index (χ4v) is 2.42. The molecule has 2 aliphatic rings. The Balaban J connectivity index is 2.12. The molecule has 0 aromatic rings. The lowest BCUT2D eigenvalue weighted by atomic mass is 9.74. The van der Waals surface area contributed by atoms with Gasteiger partial charge in [-0.25, -0.2) is 0 Å². The maximum absolute atomic E-state index is 2.55. The molecule has 0 unspecified atom stereocenters. The molecular weight excluding hydrogens is 134 g/mol. The van der Waals surface area contributed by atoms with Crippen LogP contribution in [0.15, 0.2) is 12.3 Å². The standard InChI is InChI=1S/C10H17N/c1-9(2)11-8-4-7-10(11)5-3-6-10/h4,8-9H,3,5-7H2,1-2H3. The fraction of sp³-hybridized carbons (Fsp3) is 0.800. The molecule has 1 aliphatic heterocycles. The van der Waals surface area contributed by atoms with Crippen LogP contribution < -0.4 is 0 Å². The molecule has 11 heavy (non-hydrogen) atoms. The van der Waals surface area contributed by atoms with Crippen molar-refractivity contribution in [1.29, 1.82) is 0 Å². The molecule has 2 rings (SSSR count). The van der Waals surface area contributed by atoms with E-state index in [1.54, 1.807) is 0 Å². The van der Waals surface area contributed by atoms with Gasteiger partial charge in [-0.2, -0.15) is 0 Å². The quantitative estimate of drug-likeness (QED) is 0.556. The summed E-state index contributed by atoms with van der Waals surface area (Å²) >= 11 is 0. The highest BCUT2D eigenvalue weighted by Gasteiger charge is 2.43. The summed E-state index contributed by atoms with van der Waals surface area (Å²) in [5.41, 5.74) is 0.578. The number of hydrogen-bond donors (Lipinski definition) is 0. The van der Waals surface area contributed by atoms with Crippen molar-refractivity contribution in [3.8, 4) is 0 Å². The van der Waals surface area contributed by atoms with Crippen LogP contribution in [0.5, 0.6) is 0 Å². The lowest BCUT2D eigenvalue weighted by Crippen LogP contribution is -2.50. The average molecular weight is 151 g/mol. The van der Waals surface area contributed by atoms with Crippen molar-refractivity contribution < 1.29 is 0 Å². The Morgan fingerprint density at radius 3 is 2.45 bits per heavy atom. The second-order valence-electron chi connectivity index (χ2n) is 4.17. The van der Waals surface area contributed by atoms with Crippen molar-refractivity contribution in [2.45, 2.75) is 51.1 Å². The van der Waals surface area contributed by atoms with E-state index >= 15 is 0 Å². The van der Waals surface area contributed by atoms with Gasteiger partial charge in [0.2, 0.25) is 0 Å². The van der Waals surface area contributed by atoms with E-state index in [4.69, 9.17) is 0 Å². The molecule has 62 valence electrons. The average Bonchev–Trinajstić information content (AvgIpc) is 2.27. The van der Waals surface area contributed by atoms with Crippen LogP contribution >= 0.6 is 0 Å². The van der Waals surface area contributed by atoms with Gasteiger partial charge in [0, 0.05) is 11.6 Å². The van der Waals surface area contributed by atoms with Crippen molar-refractivity contribution >= 4 is 0 Å². The summed E-state index contributed by atoms with van der Waals surface area (Å²) in [6.45, 7) is 4.57. The summed E-state index contributed by atoms with van der Waals surface area (Å²) in [5, 5.41) is 0. The van der Waals surface area contributed by atoms with Crippen LogP contribution in [0.25, 0.3) is 0 Å². The molecule has 1 saturated carbocycles. The molecule has 0 aromatic carbocycles. The Morgan fingerprint density at radius 2 is 2.09 bits per heavy atom. The molecule has 1 spiro atoms. The first-order valence-electron chi connectivity index (χ1n) is 4.70. The highest BCUT2D eigenvalue weighted by atomic mass is 15.2. The minimum Gasteiger partial charge on any atom is -0.369 e. The minimum atomic E-state index is 0.578. The Bertz CT molecular complexity index is 177. The highest BCUT2D eigenvalue weighted by Crippen LogP contribution is 2.45. The van der Waals surface area contributed by atoms with Crippen LogP contribution in [0.1, 0.15) is 39.5 Å². The summed E-state index contributed by atoms with van der Waals surface area (Å²) in [4.78, 5) is 2.55. The molecule has 0 saturated heterocycles. The third kappa shape index (κ3) is 0.901. The molecule has 1 heteroatoms. The van der Waals surface area contributed by atoms with E-state index in [9.17, 15) is 0 Å². The topological polar surface area (TPSA) is 3.24 Å². The van der Waals surface area contributed by atoms with Crippen LogP contribution in [-0.4, -0.2) is 16.5 Å². The van der Waals surface area contributed by atoms with Gasteiger partial charge in [-0.15, -0.1) is 0 Å². The molecule has 1 aliphatic carbocycles. The molecule has 1 fully saturated rings. The zero-order valence-electron chi connectivity index (χ0n) is 7.51. The lowest BCUT2D eigenvalue weighted by Gasteiger charge is -2.48. The number of nitrogens with zero attached hydrogens (tertiary/aromatic N) is 1. The van der Waals surface area contributed by atoms with Gasteiger partial charge in [0.05, 0.1) is 0 Å². The smallest absolute Gasteiger partial charge is 0.0434 e. The summed E-state index contributed by atoms with van der Waals surface area (Å²) in [6.07, 6.45) is 10.2. The molecule has 1 heterocycles. The first-order chi connectivity index (χ1) is 5.25. The van der Waals surface area contributed by atoms with Crippen LogP contribution in [0.4, 0.5) is 0 Å². The maximum Gasteiger partial charge on any atom is 0.0434 e. The molecular formula is C10H17N. The molecule has 0 amide bonds.